The molecular weight excluding hydrogens is 262 g/mol. The van der Waals surface area contributed by atoms with Crippen LogP contribution in [0, 0.1) is 11.8 Å². The Kier molecular flexibility index (Phi) is 3.66. The van der Waals surface area contributed by atoms with Crippen molar-refractivity contribution in [3.63, 3.8) is 0 Å². The lowest BCUT2D eigenvalue weighted by Gasteiger charge is -2.35. The van der Waals surface area contributed by atoms with Crippen molar-refractivity contribution in [1.29, 1.82) is 0 Å². The fraction of sp³-hybridized carbons (Fsp3) is 0.444. The van der Waals surface area contributed by atoms with E-state index in [9.17, 15) is 9.59 Å². The van der Waals surface area contributed by atoms with E-state index in [0.29, 0.717) is 29.1 Å². The van der Waals surface area contributed by atoms with Crippen molar-refractivity contribution in [2.75, 3.05) is 5.32 Å². The zero-order chi connectivity index (χ0) is 15.0. The van der Waals surface area contributed by atoms with Crippen LogP contribution < -0.4 is 16.2 Å². The maximum Gasteiger partial charge on any atom is 0.250 e. The molecule has 3 rings (SSSR count). The standard InChI is InChI=1S/C18H21NO2/c1-11-7-6-10-14(12(11)2)19-16-15(17(20)18(16)21)13-8-4-3-5-9-13/h3-5,8-9,11-12,14,19H,6-7,10H2,1-2H3. The highest BCUT2D eigenvalue weighted by atomic mass is 16.2. The molecule has 0 radical (unpaired) electrons. The van der Waals surface area contributed by atoms with E-state index in [1.807, 2.05) is 30.3 Å². The van der Waals surface area contributed by atoms with Gasteiger partial charge in [-0.2, -0.15) is 0 Å². The quantitative estimate of drug-likeness (QED) is 0.880. The molecule has 0 heterocycles. The molecule has 0 aromatic heterocycles. The Morgan fingerprint density at radius 1 is 1.00 bits per heavy atom. The van der Waals surface area contributed by atoms with Crippen LogP contribution in [0.15, 0.2) is 39.9 Å². The SMILES string of the molecule is CC1CCCC(Nc2c(-c3ccccc3)c(=O)c2=O)C1C. The van der Waals surface area contributed by atoms with Gasteiger partial charge in [-0.1, -0.05) is 57.0 Å². The molecule has 0 saturated heterocycles. The van der Waals surface area contributed by atoms with Gasteiger partial charge in [0.15, 0.2) is 0 Å². The van der Waals surface area contributed by atoms with Gasteiger partial charge in [-0.25, -0.2) is 0 Å². The van der Waals surface area contributed by atoms with Gasteiger partial charge < -0.3 is 5.32 Å². The second kappa shape index (κ2) is 5.47. The van der Waals surface area contributed by atoms with Crippen molar-refractivity contribution in [3.8, 4) is 11.1 Å². The lowest BCUT2D eigenvalue weighted by atomic mass is 9.77. The summed E-state index contributed by atoms with van der Waals surface area (Å²) in [6, 6.07) is 9.75. The van der Waals surface area contributed by atoms with Crippen LogP contribution >= 0.6 is 0 Å². The van der Waals surface area contributed by atoms with Crippen molar-refractivity contribution in [2.24, 2.45) is 11.8 Å². The van der Waals surface area contributed by atoms with Gasteiger partial charge in [0.25, 0.3) is 0 Å². The summed E-state index contributed by atoms with van der Waals surface area (Å²) in [5, 5.41) is 3.37. The molecule has 2 aromatic rings. The first kappa shape index (κ1) is 14.1. The number of nitrogens with one attached hydrogen (secondary N) is 1. The topological polar surface area (TPSA) is 46.2 Å². The Bertz CT molecular complexity index is 698. The van der Waals surface area contributed by atoms with E-state index >= 15 is 0 Å². The zero-order valence-electron chi connectivity index (χ0n) is 12.6. The van der Waals surface area contributed by atoms with Gasteiger partial charge in [-0.05, 0) is 23.8 Å². The van der Waals surface area contributed by atoms with Crippen LogP contribution in [0.3, 0.4) is 0 Å². The maximum atomic E-state index is 11.9. The largest absolute Gasteiger partial charge is 0.378 e. The van der Waals surface area contributed by atoms with E-state index in [0.717, 1.165) is 12.0 Å². The normalized spacial score (nSPS) is 25.9. The summed E-state index contributed by atoms with van der Waals surface area (Å²) in [7, 11) is 0. The highest BCUT2D eigenvalue weighted by Crippen LogP contribution is 2.33. The summed E-state index contributed by atoms with van der Waals surface area (Å²) >= 11 is 0. The van der Waals surface area contributed by atoms with Crippen molar-refractivity contribution in [1.82, 2.24) is 0 Å². The average Bonchev–Trinajstić information content (AvgIpc) is 2.51. The number of rotatable bonds is 3. The summed E-state index contributed by atoms with van der Waals surface area (Å²) in [6.07, 6.45) is 3.49. The summed E-state index contributed by atoms with van der Waals surface area (Å²) in [5.41, 5.74) is 1.20. The third kappa shape index (κ3) is 2.41. The lowest BCUT2D eigenvalue weighted by molar-refractivity contribution is 0.253. The number of hydrogen-bond acceptors (Lipinski definition) is 3. The Morgan fingerprint density at radius 3 is 2.43 bits per heavy atom. The minimum Gasteiger partial charge on any atom is -0.378 e. The van der Waals surface area contributed by atoms with Crippen LogP contribution in [-0.4, -0.2) is 6.04 Å². The Hall–Kier alpha value is -1.90. The molecule has 1 aliphatic carbocycles. The van der Waals surface area contributed by atoms with Gasteiger partial charge in [-0.3, -0.25) is 9.59 Å². The van der Waals surface area contributed by atoms with Gasteiger partial charge >= 0.3 is 0 Å². The van der Waals surface area contributed by atoms with Gasteiger partial charge in [0.05, 0.1) is 11.3 Å². The van der Waals surface area contributed by atoms with Crippen LogP contribution in [0.5, 0.6) is 0 Å². The molecule has 0 amide bonds. The maximum absolute atomic E-state index is 11.9. The van der Waals surface area contributed by atoms with Gasteiger partial charge in [-0.15, -0.1) is 0 Å². The first-order valence-corrected chi connectivity index (χ1v) is 7.75. The molecule has 1 N–H and O–H groups in total. The molecule has 1 aliphatic rings. The predicted molar refractivity (Wildman–Crippen MR) is 86.4 cm³/mol. The summed E-state index contributed by atoms with van der Waals surface area (Å²) < 4.78 is 0. The molecule has 3 nitrogen and oxygen atoms in total. The van der Waals surface area contributed by atoms with E-state index in [1.165, 1.54) is 12.8 Å². The fourth-order valence-corrected chi connectivity index (χ4v) is 3.38. The highest BCUT2D eigenvalue weighted by molar-refractivity contribution is 5.82. The van der Waals surface area contributed by atoms with Crippen molar-refractivity contribution < 1.29 is 0 Å². The van der Waals surface area contributed by atoms with Gasteiger partial charge in [0, 0.05) is 6.04 Å². The van der Waals surface area contributed by atoms with Crippen LogP contribution in [0.2, 0.25) is 0 Å². The van der Waals surface area contributed by atoms with E-state index in [-0.39, 0.29) is 10.9 Å². The first-order valence-electron chi connectivity index (χ1n) is 7.75. The molecule has 21 heavy (non-hydrogen) atoms. The Balaban J connectivity index is 1.89. The van der Waals surface area contributed by atoms with Crippen LogP contribution in [0.4, 0.5) is 5.69 Å². The molecule has 2 aromatic carbocycles. The highest BCUT2D eigenvalue weighted by Gasteiger charge is 2.30. The molecule has 0 bridgehead atoms. The monoisotopic (exact) mass is 283 g/mol. The van der Waals surface area contributed by atoms with Gasteiger partial charge in [0.2, 0.25) is 10.9 Å². The molecule has 3 heteroatoms. The third-order valence-corrected chi connectivity index (χ3v) is 5.01. The number of hydrogen-bond donors (Lipinski definition) is 1. The minimum absolute atomic E-state index is 0.291. The van der Waals surface area contributed by atoms with E-state index in [1.54, 1.807) is 0 Å². The molecule has 3 unspecified atom stereocenters. The number of anilines is 1. The van der Waals surface area contributed by atoms with E-state index < -0.39 is 0 Å². The zero-order valence-corrected chi connectivity index (χ0v) is 12.6. The third-order valence-electron chi connectivity index (χ3n) is 5.01. The van der Waals surface area contributed by atoms with Crippen LogP contribution in [0.25, 0.3) is 11.1 Å². The van der Waals surface area contributed by atoms with Gasteiger partial charge in [0.1, 0.15) is 0 Å². The lowest BCUT2D eigenvalue weighted by Crippen LogP contribution is -2.42. The number of benzene rings is 1. The summed E-state index contributed by atoms with van der Waals surface area (Å²) in [6.45, 7) is 4.49. The summed E-state index contributed by atoms with van der Waals surface area (Å²) in [5.74, 6) is 1.18. The van der Waals surface area contributed by atoms with Crippen molar-refractivity contribution in [3.05, 3.63) is 50.8 Å². The van der Waals surface area contributed by atoms with Crippen LogP contribution in [0.1, 0.15) is 33.1 Å². The fourth-order valence-electron chi connectivity index (χ4n) is 3.38. The Labute approximate surface area is 124 Å². The smallest absolute Gasteiger partial charge is 0.250 e. The second-order valence-corrected chi connectivity index (χ2v) is 6.29. The minimum atomic E-state index is -0.362. The molecule has 1 saturated carbocycles. The van der Waals surface area contributed by atoms with E-state index in [2.05, 4.69) is 19.2 Å². The summed E-state index contributed by atoms with van der Waals surface area (Å²) in [4.78, 5) is 23.8. The van der Waals surface area contributed by atoms with E-state index in [4.69, 9.17) is 0 Å². The molecular formula is C18H21NO2. The molecule has 3 atom stereocenters. The van der Waals surface area contributed by atoms with Crippen LogP contribution in [-0.2, 0) is 0 Å². The molecule has 0 aliphatic heterocycles. The average molecular weight is 283 g/mol. The first-order chi connectivity index (χ1) is 10.1. The molecule has 110 valence electrons. The Morgan fingerprint density at radius 2 is 1.71 bits per heavy atom. The molecule has 1 fully saturated rings. The van der Waals surface area contributed by atoms with Crippen molar-refractivity contribution >= 4 is 5.69 Å². The molecule has 0 spiro atoms. The second-order valence-electron chi connectivity index (χ2n) is 6.29. The predicted octanol–water partition coefficient (Wildman–Crippen LogP) is 3.19. The van der Waals surface area contributed by atoms with Crippen molar-refractivity contribution in [2.45, 2.75) is 39.2 Å².